The predicted molar refractivity (Wildman–Crippen MR) is 87.8 cm³/mol. The molecule has 1 saturated carbocycles. The van der Waals surface area contributed by atoms with E-state index in [1.54, 1.807) is 36.7 Å². The van der Waals surface area contributed by atoms with E-state index in [2.05, 4.69) is 15.6 Å². The Labute approximate surface area is 139 Å². The molecule has 1 aromatic heterocycles. The summed E-state index contributed by atoms with van der Waals surface area (Å²) in [6, 6.07) is 10.5. The van der Waals surface area contributed by atoms with Crippen molar-refractivity contribution < 1.29 is 9.59 Å². The lowest BCUT2D eigenvalue weighted by molar-refractivity contribution is -0.134. The highest BCUT2D eigenvalue weighted by Crippen LogP contribution is 2.46. The fraction of sp³-hybridized carbons (Fsp3) is 0.235. The monoisotopic (exact) mass is 329 g/mol. The van der Waals surface area contributed by atoms with Crippen molar-refractivity contribution in [2.24, 2.45) is 5.41 Å². The summed E-state index contributed by atoms with van der Waals surface area (Å²) >= 11 is 5.82. The zero-order chi connectivity index (χ0) is 16.3. The smallest absolute Gasteiger partial charge is 0.240 e. The van der Waals surface area contributed by atoms with Crippen molar-refractivity contribution in [1.29, 1.82) is 0 Å². The van der Waals surface area contributed by atoms with Crippen molar-refractivity contribution in [3.05, 3.63) is 59.4 Å². The Morgan fingerprint density at radius 3 is 2.30 bits per heavy atom. The van der Waals surface area contributed by atoms with E-state index >= 15 is 0 Å². The first kappa shape index (κ1) is 15.5. The first-order chi connectivity index (χ1) is 11.1. The van der Waals surface area contributed by atoms with Crippen LogP contribution in [0.1, 0.15) is 18.4 Å². The van der Waals surface area contributed by atoms with E-state index < -0.39 is 5.41 Å². The molecule has 2 N–H and O–H groups in total. The minimum absolute atomic E-state index is 0.235. The van der Waals surface area contributed by atoms with Crippen molar-refractivity contribution in [1.82, 2.24) is 10.3 Å². The summed E-state index contributed by atoms with van der Waals surface area (Å²) in [7, 11) is 0. The molecule has 23 heavy (non-hydrogen) atoms. The summed E-state index contributed by atoms with van der Waals surface area (Å²) in [6.07, 6.45) is 4.46. The van der Waals surface area contributed by atoms with Gasteiger partial charge in [0.25, 0.3) is 0 Å². The second kappa shape index (κ2) is 6.38. The average molecular weight is 330 g/mol. The van der Waals surface area contributed by atoms with Crippen LogP contribution >= 0.6 is 11.6 Å². The maximum Gasteiger partial charge on any atom is 0.240 e. The number of nitrogens with one attached hydrogen (secondary N) is 2. The van der Waals surface area contributed by atoms with Crippen molar-refractivity contribution in [3.63, 3.8) is 0 Å². The molecule has 0 bridgehead atoms. The molecule has 3 rings (SSSR count). The molecule has 1 heterocycles. The highest BCUT2D eigenvalue weighted by Gasteiger charge is 2.56. The number of halogens is 1. The summed E-state index contributed by atoms with van der Waals surface area (Å²) in [5, 5.41) is 6.21. The van der Waals surface area contributed by atoms with Crippen LogP contribution in [0.25, 0.3) is 0 Å². The lowest BCUT2D eigenvalue weighted by Gasteiger charge is -2.15. The topological polar surface area (TPSA) is 71.1 Å². The summed E-state index contributed by atoms with van der Waals surface area (Å²) in [5.41, 5.74) is 0.627. The fourth-order valence-electron chi connectivity index (χ4n) is 2.32. The van der Waals surface area contributed by atoms with Crippen LogP contribution in [-0.2, 0) is 16.1 Å². The molecule has 0 saturated heterocycles. The predicted octanol–water partition coefficient (Wildman–Crippen LogP) is 2.77. The number of hydrogen-bond acceptors (Lipinski definition) is 3. The Morgan fingerprint density at radius 2 is 1.70 bits per heavy atom. The van der Waals surface area contributed by atoms with E-state index in [9.17, 15) is 9.59 Å². The lowest BCUT2D eigenvalue weighted by Crippen LogP contribution is -2.39. The highest BCUT2D eigenvalue weighted by atomic mass is 35.5. The second-order valence-corrected chi connectivity index (χ2v) is 6.02. The van der Waals surface area contributed by atoms with Crippen LogP contribution in [0.2, 0.25) is 5.02 Å². The number of hydrogen-bond donors (Lipinski definition) is 2. The Morgan fingerprint density at radius 1 is 1.04 bits per heavy atom. The van der Waals surface area contributed by atoms with Gasteiger partial charge < -0.3 is 10.6 Å². The molecule has 0 unspecified atom stereocenters. The summed E-state index contributed by atoms with van der Waals surface area (Å²) in [6.45, 7) is 0.386. The van der Waals surface area contributed by atoms with E-state index in [0.29, 0.717) is 30.1 Å². The van der Waals surface area contributed by atoms with Crippen LogP contribution < -0.4 is 10.6 Å². The Hall–Kier alpha value is -2.40. The number of carbonyl (C=O) groups excluding carboxylic acids is 2. The van der Waals surface area contributed by atoms with Crippen molar-refractivity contribution >= 4 is 29.1 Å². The van der Waals surface area contributed by atoms with Crippen LogP contribution in [0, 0.1) is 5.41 Å². The third kappa shape index (κ3) is 3.51. The van der Waals surface area contributed by atoms with Gasteiger partial charge in [-0.3, -0.25) is 14.6 Å². The quantitative estimate of drug-likeness (QED) is 0.829. The van der Waals surface area contributed by atoms with Crippen molar-refractivity contribution in [2.45, 2.75) is 19.4 Å². The van der Waals surface area contributed by atoms with Crippen LogP contribution in [0.4, 0.5) is 5.69 Å². The molecular formula is C17H16ClN3O2. The Bertz CT molecular complexity index is 712. The van der Waals surface area contributed by atoms with Crippen LogP contribution in [-0.4, -0.2) is 16.8 Å². The molecular weight excluding hydrogens is 314 g/mol. The van der Waals surface area contributed by atoms with Crippen molar-refractivity contribution in [2.75, 3.05) is 5.32 Å². The van der Waals surface area contributed by atoms with Gasteiger partial charge in [-0.2, -0.15) is 0 Å². The van der Waals surface area contributed by atoms with Crippen LogP contribution in [0.5, 0.6) is 0 Å². The zero-order valence-corrected chi connectivity index (χ0v) is 13.1. The number of amides is 2. The maximum absolute atomic E-state index is 12.4. The summed E-state index contributed by atoms with van der Waals surface area (Å²) in [4.78, 5) is 28.7. The molecule has 6 heteroatoms. The van der Waals surface area contributed by atoms with E-state index in [0.717, 1.165) is 5.56 Å². The van der Waals surface area contributed by atoms with Gasteiger partial charge in [0.2, 0.25) is 11.8 Å². The minimum atomic E-state index is -0.952. The molecule has 0 radical (unpaired) electrons. The molecule has 1 aliphatic carbocycles. The number of rotatable bonds is 5. The average Bonchev–Trinajstić information content (AvgIpc) is 3.38. The molecule has 0 spiro atoms. The minimum Gasteiger partial charge on any atom is -0.351 e. The fourth-order valence-corrected chi connectivity index (χ4v) is 2.44. The molecule has 0 atom stereocenters. The van der Waals surface area contributed by atoms with Gasteiger partial charge >= 0.3 is 0 Å². The molecule has 1 aliphatic rings. The van der Waals surface area contributed by atoms with Gasteiger partial charge in [0.1, 0.15) is 5.41 Å². The molecule has 0 aliphatic heterocycles. The normalized spacial score (nSPS) is 14.8. The van der Waals surface area contributed by atoms with E-state index in [1.165, 1.54) is 0 Å². The number of aromatic nitrogens is 1. The number of benzene rings is 1. The standard InChI is InChI=1S/C17H16ClN3O2/c18-13-1-3-14(4-2-13)21-16(23)17(7-8-17)15(22)20-11-12-5-9-19-10-6-12/h1-6,9-10H,7-8,11H2,(H,20,22)(H,21,23). The number of carbonyl (C=O) groups is 2. The summed E-state index contributed by atoms with van der Waals surface area (Å²) in [5.74, 6) is -0.507. The molecule has 5 nitrogen and oxygen atoms in total. The van der Waals surface area contributed by atoms with Gasteiger partial charge in [0.05, 0.1) is 0 Å². The zero-order valence-electron chi connectivity index (χ0n) is 12.4. The largest absolute Gasteiger partial charge is 0.351 e. The first-order valence-corrected chi connectivity index (χ1v) is 7.72. The number of anilines is 1. The SMILES string of the molecule is O=C(NCc1ccncc1)C1(C(=O)Nc2ccc(Cl)cc2)CC1. The van der Waals surface area contributed by atoms with Gasteiger partial charge in [0.15, 0.2) is 0 Å². The first-order valence-electron chi connectivity index (χ1n) is 7.34. The second-order valence-electron chi connectivity index (χ2n) is 5.58. The molecule has 118 valence electrons. The van der Waals surface area contributed by atoms with Gasteiger partial charge in [-0.25, -0.2) is 0 Å². The lowest BCUT2D eigenvalue weighted by atomic mass is 10.0. The Balaban J connectivity index is 1.60. The number of pyridine rings is 1. The van der Waals surface area contributed by atoms with E-state index in [1.807, 2.05) is 12.1 Å². The van der Waals surface area contributed by atoms with Crippen molar-refractivity contribution in [3.8, 4) is 0 Å². The third-order valence-corrected chi connectivity index (χ3v) is 4.18. The van der Waals surface area contributed by atoms with Gasteiger partial charge in [0, 0.05) is 29.6 Å². The number of nitrogens with zero attached hydrogens (tertiary/aromatic N) is 1. The molecule has 1 fully saturated rings. The van der Waals surface area contributed by atoms with Gasteiger partial charge in [-0.1, -0.05) is 11.6 Å². The van der Waals surface area contributed by atoms with E-state index in [-0.39, 0.29) is 11.8 Å². The molecule has 2 amide bonds. The highest BCUT2D eigenvalue weighted by molar-refractivity contribution is 6.30. The van der Waals surface area contributed by atoms with E-state index in [4.69, 9.17) is 11.6 Å². The van der Waals surface area contributed by atoms with Crippen LogP contribution in [0.15, 0.2) is 48.8 Å². The Kier molecular flexibility index (Phi) is 4.30. The van der Waals surface area contributed by atoms with Gasteiger partial charge in [-0.05, 0) is 54.8 Å². The maximum atomic E-state index is 12.4. The van der Waals surface area contributed by atoms with Crippen LogP contribution in [0.3, 0.4) is 0 Å². The third-order valence-electron chi connectivity index (χ3n) is 3.92. The summed E-state index contributed by atoms with van der Waals surface area (Å²) < 4.78 is 0. The van der Waals surface area contributed by atoms with Gasteiger partial charge in [-0.15, -0.1) is 0 Å². The molecule has 1 aromatic carbocycles. The molecule has 2 aromatic rings.